The van der Waals surface area contributed by atoms with Crippen LogP contribution < -0.4 is 5.32 Å². The molecule has 0 unspecified atom stereocenters. The molecule has 2 fully saturated rings. The molecule has 3 rings (SSSR count). The van der Waals surface area contributed by atoms with Gasteiger partial charge in [-0.05, 0) is 37.5 Å². The summed E-state index contributed by atoms with van der Waals surface area (Å²) < 4.78 is 0. The number of nitrogens with one attached hydrogen (secondary N) is 2. The molecular formula is C30H52N4O5. The lowest BCUT2D eigenvalue weighted by Gasteiger charge is -2.36. The number of aliphatic hydroxyl groups excluding tert-OH is 2. The van der Waals surface area contributed by atoms with Crippen molar-refractivity contribution in [3.63, 3.8) is 0 Å². The zero-order valence-corrected chi connectivity index (χ0v) is 24.3. The Morgan fingerprint density at radius 3 is 2.41 bits per heavy atom. The third-order valence-electron chi connectivity index (χ3n) is 8.70. The molecule has 0 aliphatic heterocycles. The van der Waals surface area contributed by atoms with Gasteiger partial charge in [0.1, 0.15) is 6.10 Å². The van der Waals surface area contributed by atoms with E-state index in [0.717, 1.165) is 44.9 Å². The minimum atomic E-state index is -1.08. The van der Waals surface area contributed by atoms with Crippen LogP contribution in [0.15, 0.2) is 12.5 Å². The fourth-order valence-corrected chi connectivity index (χ4v) is 6.43. The molecule has 9 heteroatoms. The smallest absolute Gasteiger partial charge is 0.224 e. The minimum absolute atomic E-state index is 0.0218. The van der Waals surface area contributed by atoms with Gasteiger partial charge in [0, 0.05) is 32.6 Å². The number of amides is 2. The van der Waals surface area contributed by atoms with Gasteiger partial charge in [0.05, 0.1) is 35.7 Å². The molecule has 1 heterocycles. The van der Waals surface area contributed by atoms with E-state index in [1.165, 1.54) is 6.42 Å². The Morgan fingerprint density at radius 1 is 1.13 bits per heavy atom. The summed E-state index contributed by atoms with van der Waals surface area (Å²) in [6.07, 6.45) is 12.6. The lowest BCUT2D eigenvalue weighted by Crippen LogP contribution is -2.52. The first-order valence-corrected chi connectivity index (χ1v) is 15.2. The number of aliphatic hydroxyl groups is 3. The molecule has 5 N–H and O–H groups in total. The van der Waals surface area contributed by atoms with Gasteiger partial charge in [-0.3, -0.25) is 9.59 Å². The van der Waals surface area contributed by atoms with E-state index in [1.807, 2.05) is 13.8 Å². The molecule has 2 saturated carbocycles. The Morgan fingerprint density at radius 2 is 1.79 bits per heavy atom. The summed E-state index contributed by atoms with van der Waals surface area (Å²) in [4.78, 5) is 35.7. The topological polar surface area (TPSA) is 139 Å². The highest BCUT2D eigenvalue weighted by Gasteiger charge is 2.35. The van der Waals surface area contributed by atoms with Crippen LogP contribution in [-0.4, -0.2) is 79.4 Å². The maximum absolute atomic E-state index is 13.7. The SMILES string of the molecule is CC(C)C[C@H](O)[C@H](O)[C@H](CC1CCCCC1)NC(=O)[C@@H](CC(=O)N(C)CC1(O)CCCCC1)Cc1c[nH]cn1. The molecule has 39 heavy (non-hydrogen) atoms. The van der Waals surface area contributed by atoms with Crippen molar-refractivity contribution in [3.05, 3.63) is 18.2 Å². The van der Waals surface area contributed by atoms with Crippen molar-refractivity contribution in [3.8, 4) is 0 Å². The average Bonchev–Trinajstić information content (AvgIpc) is 3.41. The fraction of sp³-hybridized carbons (Fsp3) is 0.833. The highest BCUT2D eigenvalue weighted by Crippen LogP contribution is 2.30. The van der Waals surface area contributed by atoms with E-state index < -0.39 is 29.8 Å². The number of aromatic nitrogens is 2. The Kier molecular flexibility index (Phi) is 12.3. The average molecular weight is 549 g/mol. The van der Waals surface area contributed by atoms with Gasteiger partial charge >= 0.3 is 0 Å². The van der Waals surface area contributed by atoms with Crippen LogP contribution in [0.1, 0.15) is 103 Å². The quantitative estimate of drug-likeness (QED) is 0.242. The van der Waals surface area contributed by atoms with Gasteiger partial charge < -0.3 is 30.5 Å². The Bertz CT molecular complexity index is 865. The molecule has 2 aliphatic rings. The number of imidazole rings is 1. The predicted octanol–water partition coefficient (Wildman–Crippen LogP) is 3.34. The Hall–Kier alpha value is -1.97. The van der Waals surface area contributed by atoms with E-state index in [0.29, 0.717) is 37.3 Å². The van der Waals surface area contributed by atoms with Gasteiger partial charge in [-0.25, -0.2) is 4.98 Å². The monoisotopic (exact) mass is 548 g/mol. The Balaban J connectivity index is 1.72. The van der Waals surface area contributed by atoms with Crippen LogP contribution in [0.5, 0.6) is 0 Å². The highest BCUT2D eigenvalue weighted by molar-refractivity contribution is 5.86. The number of carbonyl (C=O) groups excluding carboxylic acids is 2. The molecule has 222 valence electrons. The van der Waals surface area contributed by atoms with Gasteiger partial charge in [0.15, 0.2) is 0 Å². The largest absolute Gasteiger partial charge is 0.390 e. The molecule has 0 aromatic carbocycles. The molecule has 2 aliphatic carbocycles. The second-order valence-corrected chi connectivity index (χ2v) is 12.7. The van der Waals surface area contributed by atoms with Crippen molar-refractivity contribution < 1.29 is 24.9 Å². The molecule has 9 nitrogen and oxygen atoms in total. The number of H-pyrrole nitrogens is 1. The van der Waals surface area contributed by atoms with Crippen LogP contribution in [-0.2, 0) is 16.0 Å². The minimum Gasteiger partial charge on any atom is -0.390 e. The van der Waals surface area contributed by atoms with Gasteiger partial charge in [0.2, 0.25) is 11.8 Å². The first-order valence-electron chi connectivity index (χ1n) is 15.2. The Labute approximate surface area is 234 Å². The number of carbonyl (C=O) groups is 2. The zero-order chi connectivity index (χ0) is 28.4. The predicted molar refractivity (Wildman–Crippen MR) is 151 cm³/mol. The summed E-state index contributed by atoms with van der Waals surface area (Å²) in [7, 11) is 1.69. The van der Waals surface area contributed by atoms with Gasteiger partial charge in [-0.15, -0.1) is 0 Å². The maximum Gasteiger partial charge on any atom is 0.224 e. The van der Waals surface area contributed by atoms with Crippen LogP contribution in [0, 0.1) is 17.8 Å². The summed E-state index contributed by atoms with van der Waals surface area (Å²) in [6.45, 7) is 4.25. The third kappa shape index (κ3) is 10.2. The number of nitrogens with zero attached hydrogens (tertiary/aromatic N) is 2. The number of rotatable bonds is 14. The van der Waals surface area contributed by atoms with Crippen LogP contribution in [0.3, 0.4) is 0 Å². The van der Waals surface area contributed by atoms with Gasteiger partial charge in [-0.2, -0.15) is 0 Å². The van der Waals surface area contributed by atoms with Crippen LogP contribution >= 0.6 is 0 Å². The molecule has 4 atom stereocenters. The van der Waals surface area contributed by atoms with Crippen molar-refractivity contribution in [1.82, 2.24) is 20.2 Å². The molecule has 0 spiro atoms. The molecule has 0 bridgehead atoms. The summed E-state index contributed by atoms with van der Waals surface area (Å²) in [6, 6.07) is -0.591. The molecule has 0 saturated heterocycles. The van der Waals surface area contributed by atoms with Gasteiger partial charge in [0.25, 0.3) is 0 Å². The summed E-state index contributed by atoms with van der Waals surface area (Å²) in [5.74, 6) is -0.604. The molecule has 0 radical (unpaired) electrons. The van der Waals surface area contributed by atoms with Gasteiger partial charge in [-0.1, -0.05) is 65.2 Å². The van der Waals surface area contributed by atoms with Crippen molar-refractivity contribution >= 4 is 11.8 Å². The number of hydrogen-bond donors (Lipinski definition) is 5. The van der Waals surface area contributed by atoms with Crippen molar-refractivity contribution in [2.75, 3.05) is 13.6 Å². The fourth-order valence-electron chi connectivity index (χ4n) is 6.43. The lowest BCUT2D eigenvalue weighted by atomic mass is 9.82. The molecule has 1 aromatic rings. The van der Waals surface area contributed by atoms with E-state index >= 15 is 0 Å². The number of hydrogen-bond acceptors (Lipinski definition) is 6. The molecular weight excluding hydrogens is 496 g/mol. The normalized spacial score (nSPS) is 21.2. The number of aromatic amines is 1. The van der Waals surface area contributed by atoms with E-state index in [2.05, 4.69) is 15.3 Å². The first-order chi connectivity index (χ1) is 18.6. The van der Waals surface area contributed by atoms with Crippen LogP contribution in [0.25, 0.3) is 0 Å². The standard InChI is InChI=1S/C30H52N4O5/c1-21(2)14-26(35)28(37)25(15-22-10-6-4-7-11-22)33-29(38)23(16-24-18-31-20-32-24)17-27(36)34(3)19-30(39)12-8-5-9-13-30/h18,20-23,25-26,28,35,37,39H,4-17,19H2,1-3H3,(H,31,32)(H,33,38)/t23-,25+,26+,28-/m1/s1. The van der Waals surface area contributed by atoms with Crippen molar-refractivity contribution in [2.45, 2.75) is 128 Å². The zero-order valence-electron chi connectivity index (χ0n) is 24.3. The van der Waals surface area contributed by atoms with E-state index in [9.17, 15) is 24.9 Å². The summed E-state index contributed by atoms with van der Waals surface area (Å²) in [5, 5.41) is 35.9. The van der Waals surface area contributed by atoms with E-state index in [-0.39, 0.29) is 37.1 Å². The van der Waals surface area contributed by atoms with E-state index in [4.69, 9.17) is 0 Å². The third-order valence-corrected chi connectivity index (χ3v) is 8.70. The highest BCUT2D eigenvalue weighted by atomic mass is 16.3. The first kappa shape index (κ1) is 31.6. The summed E-state index contributed by atoms with van der Waals surface area (Å²) >= 11 is 0. The lowest BCUT2D eigenvalue weighted by molar-refractivity contribution is -0.139. The van der Waals surface area contributed by atoms with Crippen LogP contribution in [0.4, 0.5) is 0 Å². The summed E-state index contributed by atoms with van der Waals surface area (Å²) in [5.41, 5.74) is -0.189. The molecule has 1 aromatic heterocycles. The van der Waals surface area contributed by atoms with Crippen molar-refractivity contribution in [1.29, 1.82) is 0 Å². The van der Waals surface area contributed by atoms with Crippen molar-refractivity contribution in [2.24, 2.45) is 17.8 Å². The second kappa shape index (κ2) is 15.1. The van der Waals surface area contributed by atoms with Crippen LogP contribution in [0.2, 0.25) is 0 Å². The van der Waals surface area contributed by atoms with E-state index in [1.54, 1.807) is 24.5 Å². The maximum atomic E-state index is 13.7. The second-order valence-electron chi connectivity index (χ2n) is 12.7. The molecule has 2 amide bonds. The number of likely N-dealkylation sites (N-methyl/N-ethyl adjacent to an activating group) is 1.